The fraction of sp³-hybridized carbons (Fsp3) is 0.190. The number of aromatic nitrogens is 2. The summed E-state index contributed by atoms with van der Waals surface area (Å²) in [4.78, 5) is 12.7. The van der Waals surface area contributed by atoms with Crippen molar-refractivity contribution < 1.29 is 13.2 Å². The lowest BCUT2D eigenvalue weighted by Crippen LogP contribution is -2.15. The SMILES string of the molecule is CCc1nnc(NS(=O)(=O)c2ccc(N/C=C3/CCc4ccccc4C3=O)cc2)s1. The van der Waals surface area contributed by atoms with Crippen molar-refractivity contribution in [2.75, 3.05) is 10.0 Å². The number of Topliss-reactive ketones (excluding diaryl/α,β-unsaturated/α-hetero) is 1. The van der Waals surface area contributed by atoms with Gasteiger partial charge in [-0.25, -0.2) is 8.42 Å². The van der Waals surface area contributed by atoms with Crippen molar-refractivity contribution in [3.8, 4) is 0 Å². The Labute approximate surface area is 178 Å². The Hall–Kier alpha value is -3.04. The summed E-state index contributed by atoms with van der Waals surface area (Å²) < 4.78 is 27.5. The van der Waals surface area contributed by atoms with Gasteiger partial charge >= 0.3 is 0 Å². The number of sulfonamides is 1. The summed E-state index contributed by atoms with van der Waals surface area (Å²) in [6.07, 6.45) is 3.89. The van der Waals surface area contributed by atoms with Gasteiger partial charge in [-0.2, -0.15) is 0 Å². The van der Waals surface area contributed by atoms with Gasteiger partial charge in [0, 0.05) is 23.0 Å². The number of rotatable bonds is 6. The summed E-state index contributed by atoms with van der Waals surface area (Å²) in [6, 6.07) is 14.0. The lowest BCUT2D eigenvalue weighted by atomic mass is 9.87. The summed E-state index contributed by atoms with van der Waals surface area (Å²) >= 11 is 1.21. The normalized spacial score (nSPS) is 15.1. The van der Waals surface area contributed by atoms with E-state index in [0.29, 0.717) is 24.1 Å². The van der Waals surface area contributed by atoms with Crippen molar-refractivity contribution in [3.05, 3.63) is 76.4 Å². The van der Waals surface area contributed by atoms with Crippen molar-refractivity contribution in [2.45, 2.75) is 31.1 Å². The van der Waals surface area contributed by atoms with Crippen LogP contribution in [0.4, 0.5) is 10.8 Å². The first-order chi connectivity index (χ1) is 14.5. The van der Waals surface area contributed by atoms with E-state index in [1.54, 1.807) is 18.3 Å². The summed E-state index contributed by atoms with van der Waals surface area (Å²) in [5.74, 6) is 0.0243. The maximum absolute atomic E-state index is 12.6. The Morgan fingerprint density at radius 1 is 1.07 bits per heavy atom. The van der Waals surface area contributed by atoms with E-state index in [1.165, 1.54) is 23.5 Å². The van der Waals surface area contributed by atoms with E-state index in [4.69, 9.17) is 0 Å². The molecule has 0 spiro atoms. The van der Waals surface area contributed by atoms with Crippen LogP contribution in [0.1, 0.15) is 34.3 Å². The minimum Gasteiger partial charge on any atom is -0.361 e. The van der Waals surface area contributed by atoms with Crippen LogP contribution in [0.2, 0.25) is 0 Å². The zero-order valence-electron chi connectivity index (χ0n) is 16.3. The fourth-order valence-electron chi connectivity index (χ4n) is 3.17. The molecule has 0 amide bonds. The monoisotopic (exact) mass is 440 g/mol. The van der Waals surface area contributed by atoms with Crippen LogP contribution in [0.5, 0.6) is 0 Å². The first-order valence-electron chi connectivity index (χ1n) is 9.50. The molecule has 0 unspecified atom stereocenters. The quantitative estimate of drug-likeness (QED) is 0.561. The number of carbonyl (C=O) groups is 1. The molecule has 0 atom stereocenters. The van der Waals surface area contributed by atoms with Crippen molar-refractivity contribution in [2.24, 2.45) is 0 Å². The number of aryl methyl sites for hydroxylation is 2. The molecular formula is C21H20N4O3S2. The number of allylic oxidation sites excluding steroid dienone is 1. The maximum Gasteiger partial charge on any atom is 0.263 e. The van der Waals surface area contributed by atoms with Gasteiger partial charge in [-0.3, -0.25) is 9.52 Å². The Kier molecular flexibility index (Phi) is 5.65. The van der Waals surface area contributed by atoms with Gasteiger partial charge < -0.3 is 5.32 Å². The Bertz CT molecular complexity index is 1220. The van der Waals surface area contributed by atoms with Gasteiger partial charge in [0.1, 0.15) is 5.01 Å². The first kappa shape index (κ1) is 20.2. The van der Waals surface area contributed by atoms with Crippen LogP contribution in [0.25, 0.3) is 0 Å². The predicted molar refractivity (Wildman–Crippen MR) is 117 cm³/mol. The van der Waals surface area contributed by atoms with Crippen molar-refractivity contribution in [3.63, 3.8) is 0 Å². The van der Waals surface area contributed by atoms with Gasteiger partial charge in [0.2, 0.25) is 5.13 Å². The third-order valence-electron chi connectivity index (χ3n) is 4.79. The highest BCUT2D eigenvalue weighted by atomic mass is 32.2. The van der Waals surface area contributed by atoms with E-state index in [-0.39, 0.29) is 15.8 Å². The molecule has 2 N–H and O–H groups in total. The van der Waals surface area contributed by atoms with E-state index < -0.39 is 10.0 Å². The number of hydrogen-bond donors (Lipinski definition) is 2. The van der Waals surface area contributed by atoms with E-state index >= 15 is 0 Å². The fourth-order valence-corrected chi connectivity index (χ4v) is 5.08. The molecule has 30 heavy (non-hydrogen) atoms. The van der Waals surface area contributed by atoms with Gasteiger partial charge in [-0.15, -0.1) is 10.2 Å². The lowest BCUT2D eigenvalue weighted by molar-refractivity contribution is 0.102. The molecule has 0 saturated heterocycles. The zero-order chi connectivity index (χ0) is 21.1. The van der Waals surface area contributed by atoms with Gasteiger partial charge in [-0.1, -0.05) is 42.5 Å². The molecule has 0 radical (unpaired) electrons. The molecule has 1 heterocycles. The number of carbonyl (C=O) groups excluding carboxylic acids is 1. The van der Waals surface area contributed by atoms with Crippen molar-refractivity contribution in [1.29, 1.82) is 0 Å². The summed E-state index contributed by atoms with van der Waals surface area (Å²) in [7, 11) is -3.74. The first-order valence-corrected chi connectivity index (χ1v) is 11.8. The summed E-state index contributed by atoms with van der Waals surface area (Å²) in [6.45, 7) is 1.93. The van der Waals surface area contributed by atoms with Crippen LogP contribution in [-0.2, 0) is 22.9 Å². The van der Waals surface area contributed by atoms with Crippen LogP contribution in [0, 0.1) is 0 Å². The number of nitrogens with zero attached hydrogens (tertiary/aromatic N) is 2. The second-order valence-electron chi connectivity index (χ2n) is 6.78. The van der Waals surface area contributed by atoms with Crippen LogP contribution in [-0.4, -0.2) is 24.4 Å². The lowest BCUT2D eigenvalue weighted by Gasteiger charge is -2.17. The molecule has 0 aliphatic heterocycles. The van der Waals surface area contributed by atoms with Crippen LogP contribution in [0.3, 0.4) is 0 Å². The second kappa shape index (κ2) is 8.37. The average molecular weight is 441 g/mol. The van der Waals surface area contributed by atoms with E-state index in [2.05, 4.69) is 20.2 Å². The average Bonchev–Trinajstić information content (AvgIpc) is 3.20. The Balaban J connectivity index is 1.45. The number of anilines is 2. The molecule has 7 nitrogen and oxygen atoms in total. The molecule has 1 aromatic heterocycles. The molecule has 9 heteroatoms. The zero-order valence-corrected chi connectivity index (χ0v) is 17.9. The number of fused-ring (bicyclic) bond motifs is 1. The maximum atomic E-state index is 12.6. The van der Waals surface area contributed by atoms with E-state index in [9.17, 15) is 13.2 Å². The summed E-state index contributed by atoms with van der Waals surface area (Å²) in [5, 5.41) is 11.9. The minimum absolute atomic E-state index is 0.0243. The van der Waals surface area contributed by atoms with E-state index in [0.717, 1.165) is 22.6 Å². The topological polar surface area (TPSA) is 101 Å². The third kappa shape index (κ3) is 4.27. The molecule has 0 fully saturated rings. The number of benzene rings is 2. The molecule has 0 bridgehead atoms. The van der Waals surface area contributed by atoms with Crippen LogP contribution < -0.4 is 10.0 Å². The molecular weight excluding hydrogens is 420 g/mol. The van der Waals surface area contributed by atoms with Gasteiger partial charge in [0.05, 0.1) is 4.90 Å². The molecule has 1 aliphatic rings. The van der Waals surface area contributed by atoms with Crippen LogP contribution >= 0.6 is 11.3 Å². The predicted octanol–water partition coefficient (Wildman–Crippen LogP) is 4.03. The Morgan fingerprint density at radius 2 is 1.83 bits per heavy atom. The Morgan fingerprint density at radius 3 is 2.57 bits per heavy atom. The number of ketones is 1. The second-order valence-corrected chi connectivity index (χ2v) is 9.53. The van der Waals surface area contributed by atoms with Gasteiger partial charge in [0.15, 0.2) is 5.78 Å². The highest BCUT2D eigenvalue weighted by Gasteiger charge is 2.21. The molecule has 1 aliphatic carbocycles. The summed E-state index contributed by atoms with van der Waals surface area (Å²) in [5.41, 5.74) is 3.21. The molecule has 3 aromatic rings. The largest absolute Gasteiger partial charge is 0.361 e. The number of hydrogen-bond acceptors (Lipinski definition) is 7. The highest BCUT2D eigenvalue weighted by molar-refractivity contribution is 7.93. The third-order valence-corrected chi connectivity index (χ3v) is 7.25. The van der Waals surface area contributed by atoms with Crippen LogP contribution in [0.15, 0.2) is 65.2 Å². The van der Waals surface area contributed by atoms with Crippen molar-refractivity contribution >= 4 is 38.0 Å². The van der Waals surface area contributed by atoms with Crippen molar-refractivity contribution in [1.82, 2.24) is 10.2 Å². The molecule has 4 rings (SSSR count). The van der Waals surface area contributed by atoms with E-state index in [1.807, 2.05) is 31.2 Å². The standard InChI is InChI=1S/C21H20N4O3S2/c1-2-19-23-24-21(29-19)25-30(27,28)17-11-9-16(10-12-17)22-13-15-8-7-14-5-3-4-6-18(14)20(15)26/h3-6,9-13,22H,2,7-8H2,1H3,(H,24,25)/b15-13-. The smallest absolute Gasteiger partial charge is 0.263 e. The molecule has 2 aromatic carbocycles. The number of nitrogens with one attached hydrogen (secondary N) is 2. The highest BCUT2D eigenvalue weighted by Crippen LogP contribution is 2.25. The molecule has 154 valence electrons. The van der Waals surface area contributed by atoms with Gasteiger partial charge in [-0.05, 0) is 49.1 Å². The minimum atomic E-state index is -3.74. The van der Waals surface area contributed by atoms with Gasteiger partial charge in [0.25, 0.3) is 10.0 Å². The molecule has 0 saturated carbocycles.